The van der Waals surface area contributed by atoms with Crippen molar-refractivity contribution in [3.8, 4) is 23.0 Å². The Balaban J connectivity index is 2.05. The third kappa shape index (κ3) is 2.85. The van der Waals surface area contributed by atoms with Crippen LogP contribution < -0.4 is 4.74 Å². The number of hydrogen-bond donors (Lipinski definition) is 3. The molecule has 3 N–H and O–H groups in total. The van der Waals surface area contributed by atoms with Crippen molar-refractivity contribution in [3.05, 3.63) is 80.8 Å². The number of phenols is 2. The van der Waals surface area contributed by atoms with Crippen molar-refractivity contribution in [1.29, 1.82) is 0 Å². The summed E-state index contributed by atoms with van der Waals surface area (Å²) in [5, 5.41) is 29.7. The van der Waals surface area contributed by atoms with E-state index in [2.05, 4.69) is 0 Å². The Kier molecular flexibility index (Phi) is 4.13. The molecule has 0 amide bonds. The largest absolute Gasteiger partial charge is 0.506 e. The molecule has 3 aromatic carbocycles. The fourth-order valence-electron chi connectivity index (χ4n) is 3.31. The summed E-state index contributed by atoms with van der Waals surface area (Å²) < 4.78 is 5.82. The Morgan fingerprint density at radius 3 is 1.89 bits per heavy atom. The fourth-order valence-corrected chi connectivity index (χ4v) is 3.65. The highest BCUT2D eigenvalue weighted by molar-refractivity contribution is 6.32. The van der Waals surface area contributed by atoms with Crippen molar-refractivity contribution in [2.75, 3.05) is 0 Å². The molecule has 1 aliphatic rings. The first-order valence-corrected chi connectivity index (χ1v) is 8.67. The van der Waals surface area contributed by atoms with Crippen molar-refractivity contribution in [1.82, 2.24) is 0 Å². The van der Waals surface area contributed by atoms with E-state index in [1.165, 1.54) is 18.2 Å². The molecule has 7 heteroatoms. The number of carbonyl (C=O) groups is 1. The van der Waals surface area contributed by atoms with E-state index < -0.39 is 11.9 Å². The molecule has 1 heterocycles. The number of benzene rings is 3. The van der Waals surface area contributed by atoms with Crippen LogP contribution in [0.2, 0.25) is 10.0 Å². The maximum Gasteiger partial charge on any atom is 0.335 e. The molecule has 3 aromatic rings. The topological polar surface area (TPSA) is 87.0 Å². The molecule has 0 unspecified atom stereocenters. The molecule has 0 atom stereocenters. The normalized spacial score (nSPS) is 12.8. The van der Waals surface area contributed by atoms with E-state index in [-0.39, 0.29) is 27.1 Å². The van der Waals surface area contributed by atoms with Crippen molar-refractivity contribution in [2.24, 2.45) is 0 Å². The van der Waals surface area contributed by atoms with Crippen LogP contribution in [0.1, 0.15) is 33.0 Å². The van der Waals surface area contributed by atoms with Gasteiger partial charge in [0.1, 0.15) is 23.0 Å². The second kappa shape index (κ2) is 6.37. The van der Waals surface area contributed by atoms with Gasteiger partial charge in [-0.3, -0.25) is 0 Å². The van der Waals surface area contributed by atoms with Crippen LogP contribution in [0.3, 0.4) is 0 Å². The number of aromatic carboxylic acids is 1. The number of hydrogen-bond acceptors (Lipinski definition) is 4. The third-order valence-electron chi connectivity index (χ3n) is 4.50. The lowest BCUT2D eigenvalue weighted by molar-refractivity contribution is 0.0695. The van der Waals surface area contributed by atoms with Crippen LogP contribution in [-0.4, -0.2) is 21.3 Å². The van der Waals surface area contributed by atoms with Gasteiger partial charge in [-0.25, -0.2) is 4.79 Å². The Bertz CT molecular complexity index is 1040. The maximum atomic E-state index is 11.8. The Hall–Kier alpha value is -2.89. The van der Waals surface area contributed by atoms with Crippen molar-refractivity contribution >= 4 is 29.2 Å². The molecular formula is C20H12Cl2O5. The van der Waals surface area contributed by atoms with Crippen LogP contribution >= 0.6 is 23.2 Å². The second-order valence-electron chi connectivity index (χ2n) is 6.11. The summed E-state index contributed by atoms with van der Waals surface area (Å²) in [6, 6.07) is 12.4. The van der Waals surface area contributed by atoms with E-state index >= 15 is 0 Å². The average molecular weight is 403 g/mol. The zero-order valence-electron chi connectivity index (χ0n) is 13.6. The molecule has 0 fully saturated rings. The zero-order valence-corrected chi connectivity index (χ0v) is 15.1. The summed E-state index contributed by atoms with van der Waals surface area (Å²) in [5.41, 5.74) is 1.80. The van der Waals surface area contributed by atoms with Gasteiger partial charge in [-0.15, -0.1) is 0 Å². The van der Waals surface area contributed by atoms with Crippen LogP contribution in [0.25, 0.3) is 0 Å². The molecule has 0 aliphatic carbocycles. The lowest BCUT2D eigenvalue weighted by Gasteiger charge is -2.30. The number of phenolic OH excluding ortho intramolecular Hbond substituents is 2. The van der Waals surface area contributed by atoms with E-state index in [0.717, 1.165) is 0 Å². The molecule has 27 heavy (non-hydrogen) atoms. The van der Waals surface area contributed by atoms with E-state index in [1.54, 1.807) is 30.3 Å². The minimum absolute atomic E-state index is 0.114. The van der Waals surface area contributed by atoms with Gasteiger partial charge in [-0.05, 0) is 23.8 Å². The van der Waals surface area contributed by atoms with Gasteiger partial charge in [-0.2, -0.15) is 0 Å². The van der Waals surface area contributed by atoms with E-state index in [4.69, 9.17) is 27.9 Å². The number of rotatable bonds is 2. The number of aromatic hydroxyl groups is 2. The van der Waals surface area contributed by atoms with Gasteiger partial charge < -0.3 is 20.1 Å². The third-order valence-corrected chi connectivity index (χ3v) is 5.11. The molecule has 0 aromatic heterocycles. The van der Waals surface area contributed by atoms with Gasteiger partial charge in [0.05, 0.1) is 15.6 Å². The fraction of sp³-hybridized carbons (Fsp3) is 0.0500. The van der Waals surface area contributed by atoms with Crippen molar-refractivity contribution in [2.45, 2.75) is 5.92 Å². The average Bonchev–Trinajstić information content (AvgIpc) is 2.63. The smallest absolute Gasteiger partial charge is 0.335 e. The summed E-state index contributed by atoms with van der Waals surface area (Å²) in [7, 11) is 0. The van der Waals surface area contributed by atoms with Crippen LogP contribution in [0.4, 0.5) is 0 Å². The lowest BCUT2D eigenvalue weighted by atomic mass is 9.80. The van der Waals surface area contributed by atoms with Gasteiger partial charge >= 0.3 is 5.97 Å². The number of carboxylic acids is 1. The Labute approximate surface area is 164 Å². The number of ether oxygens (including phenoxy) is 1. The van der Waals surface area contributed by atoms with Gasteiger partial charge in [0.15, 0.2) is 0 Å². The Morgan fingerprint density at radius 2 is 1.37 bits per heavy atom. The molecule has 4 rings (SSSR count). The highest BCUT2D eigenvalue weighted by Crippen LogP contribution is 2.52. The molecule has 136 valence electrons. The van der Waals surface area contributed by atoms with Crippen molar-refractivity contribution in [3.63, 3.8) is 0 Å². The molecule has 5 nitrogen and oxygen atoms in total. The molecule has 0 bridgehead atoms. The maximum absolute atomic E-state index is 11.8. The molecule has 0 saturated heterocycles. The first kappa shape index (κ1) is 17.5. The highest BCUT2D eigenvalue weighted by atomic mass is 35.5. The standard InChI is InChI=1S/C20H12Cl2O5/c21-13-5-11-17(7-15(13)23)27-18-8-16(24)14(22)6-12(18)19(11)9-3-1-2-4-10(9)20(25)26/h1-8,19,23-24H,(H,25,26). The zero-order chi connectivity index (χ0) is 19.3. The summed E-state index contributed by atoms with van der Waals surface area (Å²) in [4.78, 5) is 11.8. The van der Waals surface area contributed by atoms with Gasteiger partial charge in [0, 0.05) is 29.2 Å². The predicted octanol–water partition coefficient (Wildman–Crippen LogP) is 5.39. The van der Waals surface area contributed by atoms with Gasteiger partial charge in [0.25, 0.3) is 0 Å². The van der Waals surface area contributed by atoms with Crippen LogP contribution in [0, 0.1) is 0 Å². The number of halogens is 2. The first-order chi connectivity index (χ1) is 12.9. The molecular weight excluding hydrogens is 391 g/mol. The van der Waals surface area contributed by atoms with E-state index in [0.29, 0.717) is 28.2 Å². The lowest BCUT2D eigenvalue weighted by Crippen LogP contribution is -2.15. The summed E-state index contributed by atoms with van der Waals surface area (Å²) in [6.07, 6.45) is 0. The predicted molar refractivity (Wildman–Crippen MR) is 101 cm³/mol. The van der Waals surface area contributed by atoms with Crippen LogP contribution in [0.15, 0.2) is 48.5 Å². The van der Waals surface area contributed by atoms with Gasteiger partial charge in [-0.1, -0.05) is 41.4 Å². The molecule has 0 radical (unpaired) electrons. The quantitative estimate of drug-likeness (QED) is 0.418. The molecule has 0 saturated carbocycles. The second-order valence-corrected chi connectivity index (χ2v) is 6.92. The minimum Gasteiger partial charge on any atom is -0.506 e. The van der Waals surface area contributed by atoms with E-state index in [9.17, 15) is 20.1 Å². The van der Waals surface area contributed by atoms with Crippen LogP contribution in [-0.2, 0) is 0 Å². The summed E-state index contributed by atoms with van der Waals surface area (Å²) in [6.45, 7) is 0. The SMILES string of the molecule is O=C(O)c1ccccc1C1c2cc(Cl)c(O)cc2Oc2cc(O)c(Cl)cc21. The number of fused-ring (bicyclic) bond motifs is 2. The highest BCUT2D eigenvalue weighted by Gasteiger charge is 2.33. The van der Waals surface area contributed by atoms with Crippen molar-refractivity contribution < 1.29 is 24.9 Å². The van der Waals surface area contributed by atoms with Gasteiger partial charge in [0.2, 0.25) is 0 Å². The first-order valence-electron chi connectivity index (χ1n) is 7.91. The number of carboxylic acid groups (broad SMARTS) is 1. The Morgan fingerprint density at radius 1 is 0.852 bits per heavy atom. The van der Waals surface area contributed by atoms with E-state index in [1.807, 2.05) is 0 Å². The minimum atomic E-state index is -1.07. The molecule has 0 spiro atoms. The monoisotopic (exact) mass is 402 g/mol. The summed E-state index contributed by atoms with van der Waals surface area (Å²) >= 11 is 12.2. The summed E-state index contributed by atoms with van der Waals surface area (Å²) in [5.74, 6) is -1.33. The van der Waals surface area contributed by atoms with Crippen LogP contribution in [0.5, 0.6) is 23.0 Å². The molecule has 1 aliphatic heterocycles.